The van der Waals surface area contributed by atoms with Gasteiger partial charge in [-0.1, -0.05) is 275 Å². The lowest BCUT2D eigenvalue weighted by atomic mass is 10.0. The highest BCUT2D eigenvalue weighted by Crippen LogP contribution is 2.38. The highest BCUT2D eigenvalue weighted by Gasteiger charge is 2.27. The molecular formula is C66H125N2O7P. The van der Waals surface area contributed by atoms with Gasteiger partial charge in [-0.3, -0.25) is 14.2 Å². The van der Waals surface area contributed by atoms with Gasteiger partial charge in [0.25, 0.3) is 7.82 Å². The lowest BCUT2D eigenvalue weighted by Crippen LogP contribution is -2.47. The Bertz CT molecular complexity index is 1440. The molecule has 0 aromatic carbocycles. The van der Waals surface area contributed by atoms with Gasteiger partial charge in [0.05, 0.1) is 33.8 Å². The van der Waals surface area contributed by atoms with Crippen molar-refractivity contribution in [1.29, 1.82) is 0 Å². The first-order valence-corrected chi connectivity index (χ1v) is 33.9. The second kappa shape index (κ2) is 56.3. The van der Waals surface area contributed by atoms with Gasteiger partial charge < -0.3 is 28.5 Å². The second-order valence-electron chi connectivity index (χ2n) is 23.3. The van der Waals surface area contributed by atoms with Crippen LogP contribution in [0.2, 0.25) is 0 Å². The van der Waals surface area contributed by atoms with Crippen LogP contribution in [0.15, 0.2) is 48.6 Å². The summed E-state index contributed by atoms with van der Waals surface area (Å²) in [5.74, 6) is -0.536. The summed E-state index contributed by atoms with van der Waals surface area (Å²) in [7, 11) is 1.19. The summed E-state index contributed by atoms with van der Waals surface area (Å²) in [5, 5.41) is 3.04. The fraction of sp³-hybridized carbons (Fsp3) is 0.848. The zero-order chi connectivity index (χ0) is 55.7. The molecule has 10 heteroatoms. The molecule has 0 heterocycles. The van der Waals surface area contributed by atoms with Crippen molar-refractivity contribution in [2.75, 3.05) is 40.9 Å². The minimum Gasteiger partial charge on any atom is -0.756 e. The van der Waals surface area contributed by atoms with Crippen molar-refractivity contribution in [2.45, 2.75) is 322 Å². The molecule has 0 bridgehead atoms. The number of amides is 1. The van der Waals surface area contributed by atoms with Gasteiger partial charge in [-0.05, 0) is 70.3 Å². The Hall–Kier alpha value is -2.03. The maximum atomic E-state index is 13.5. The van der Waals surface area contributed by atoms with Gasteiger partial charge in [-0.15, -0.1) is 0 Å². The van der Waals surface area contributed by atoms with Crippen LogP contribution in [0.4, 0.5) is 0 Å². The molecule has 3 unspecified atom stereocenters. The minimum atomic E-state index is -4.70. The van der Waals surface area contributed by atoms with Crippen molar-refractivity contribution < 1.29 is 37.3 Å². The van der Waals surface area contributed by atoms with Gasteiger partial charge in [-0.2, -0.15) is 0 Å². The van der Waals surface area contributed by atoms with E-state index in [-0.39, 0.29) is 31.5 Å². The predicted molar refractivity (Wildman–Crippen MR) is 326 cm³/mol. The number of phosphoric acid groups is 1. The first kappa shape index (κ1) is 74.0. The maximum absolute atomic E-state index is 13.5. The average molecular weight is 1090 g/mol. The molecule has 1 amide bonds. The van der Waals surface area contributed by atoms with E-state index in [2.05, 4.69) is 62.5 Å². The van der Waals surface area contributed by atoms with Crippen LogP contribution < -0.4 is 10.2 Å². The van der Waals surface area contributed by atoms with Gasteiger partial charge >= 0.3 is 5.97 Å². The van der Waals surface area contributed by atoms with Crippen molar-refractivity contribution in [2.24, 2.45) is 0 Å². The van der Waals surface area contributed by atoms with E-state index in [4.69, 9.17) is 13.8 Å². The summed E-state index contributed by atoms with van der Waals surface area (Å²) in [6.07, 6.45) is 69.2. The smallest absolute Gasteiger partial charge is 0.306 e. The Balaban J connectivity index is 5.23. The lowest BCUT2D eigenvalue weighted by Gasteiger charge is -2.30. The largest absolute Gasteiger partial charge is 0.756 e. The number of hydrogen-bond acceptors (Lipinski definition) is 7. The highest BCUT2D eigenvalue weighted by atomic mass is 31.2. The normalized spacial score (nSPS) is 13.9. The third-order valence-corrected chi connectivity index (χ3v) is 15.5. The number of nitrogens with one attached hydrogen (secondary N) is 1. The number of allylic oxidation sites excluding steroid dienone is 7. The highest BCUT2D eigenvalue weighted by molar-refractivity contribution is 7.45. The van der Waals surface area contributed by atoms with Gasteiger partial charge in [-0.25, -0.2) is 0 Å². The number of quaternary nitrogens is 1. The van der Waals surface area contributed by atoms with E-state index in [1.54, 1.807) is 0 Å². The molecule has 0 rings (SSSR count). The first-order valence-electron chi connectivity index (χ1n) is 32.4. The maximum Gasteiger partial charge on any atom is 0.306 e. The first-order chi connectivity index (χ1) is 36.9. The third kappa shape index (κ3) is 56.7. The zero-order valence-corrected chi connectivity index (χ0v) is 51.9. The van der Waals surface area contributed by atoms with Crippen molar-refractivity contribution >= 4 is 19.7 Å². The third-order valence-electron chi connectivity index (χ3n) is 14.5. The number of nitrogens with zero attached hydrogens (tertiary/aromatic N) is 1. The molecule has 9 nitrogen and oxygen atoms in total. The summed E-state index contributed by atoms with van der Waals surface area (Å²) < 4.78 is 30.4. The quantitative estimate of drug-likeness (QED) is 0.0212. The van der Waals surface area contributed by atoms with Crippen LogP contribution in [-0.4, -0.2) is 69.4 Å². The predicted octanol–water partition coefficient (Wildman–Crippen LogP) is 19.4. The van der Waals surface area contributed by atoms with Crippen LogP contribution in [0.25, 0.3) is 0 Å². The molecule has 1 N–H and O–H groups in total. The Morgan fingerprint density at radius 1 is 0.461 bits per heavy atom. The second-order valence-corrected chi connectivity index (χ2v) is 24.7. The summed E-state index contributed by atoms with van der Waals surface area (Å²) in [6.45, 7) is 6.85. The Morgan fingerprint density at radius 3 is 1.22 bits per heavy atom. The standard InChI is InChI=1S/C66H125N2O7P/c1-7-10-13-16-19-22-25-28-30-32-33-34-35-36-38-41-44-47-50-53-56-59-66(70)75-64(57-54-51-48-45-42-39-27-24-21-18-15-12-9-3)63(62-74-76(71,72)73-61-60-68(4,5)6)67-65(69)58-55-52-49-46-43-40-37-31-29-26-23-20-17-14-11-8-2/h19,22,28,30,33-34,54,57,63-64H,7-18,20-21,23-27,29,31-32,35-53,55-56,58-62H2,1-6H3,(H-,67,69,71,72)/b22-19-,30-28-,34-33-,57-54+. The number of ether oxygens (including phenoxy) is 1. The molecule has 0 aliphatic carbocycles. The summed E-state index contributed by atoms with van der Waals surface area (Å²) in [4.78, 5) is 40.0. The van der Waals surface area contributed by atoms with Crippen molar-refractivity contribution in [3.63, 3.8) is 0 Å². The molecular weight excluding hydrogens is 964 g/mol. The van der Waals surface area contributed by atoms with E-state index >= 15 is 0 Å². The molecule has 0 aromatic heterocycles. The summed E-state index contributed by atoms with van der Waals surface area (Å²) in [6, 6.07) is -0.889. The molecule has 0 saturated carbocycles. The van der Waals surface area contributed by atoms with E-state index in [9.17, 15) is 19.0 Å². The van der Waals surface area contributed by atoms with Crippen LogP contribution in [0, 0.1) is 0 Å². The van der Waals surface area contributed by atoms with Gasteiger partial charge in [0, 0.05) is 12.8 Å². The molecule has 0 fully saturated rings. The lowest BCUT2D eigenvalue weighted by molar-refractivity contribution is -0.870. The number of likely N-dealkylation sites (N-methyl/N-ethyl adjacent to an activating group) is 1. The molecule has 0 radical (unpaired) electrons. The van der Waals surface area contributed by atoms with E-state index in [0.29, 0.717) is 17.4 Å². The number of unbranched alkanes of at least 4 members (excludes halogenated alkanes) is 37. The number of rotatable bonds is 59. The molecule has 0 aromatic rings. The topological polar surface area (TPSA) is 114 Å². The van der Waals surface area contributed by atoms with E-state index in [1.165, 1.54) is 193 Å². The monoisotopic (exact) mass is 1090 g/mol. The molecule has 3 atom stereocenters. The molecule has 76 heavy (non-hydrogen) atoms. The van der Waals surface area contributed by atoms with Gasteiger partial charge in [0.2, 0.25) is 5.91 Å². The number of hydrogen-bond donors (Lipinski definition) is 1. The zero-order valence-electron chi connectivity index (χ0n) is 51.0. The molecule has 446 valence electrons. The van der Waals surface area contributed by atoms with E-state index in [0.717, 1.165) is 83.5 Å². The van der Waals surface area contributed by atoms with Crippen LogP contribution in [-0.2, 0) is 27.9 Å². The van der Waals surface area contributed by atoms with Crippen molar-refractivity contribution in [3.05, 3.63) is 48.6 Å². The molecule has 0 aliphatic heterocycles. The Labute approximate surface area is 471 Å². The fourth-order valence-corrected chi connectivity index (χ4v) is 10.2. The van der Waals surface area contributed by atoms with E-state index < -0.39 is 20.0 Å². The van der Waals surface area contributed by atoms with Crippen molar-refractivity contribution in [1.82, 2.24) is 5.32 Å². The number of esters is 1. The van der Waals surface area contributed by atoms with Crippen molar-refractivity contribution in [3.8, 4) is 0 Å². The molecule has 0 spiro atoms. The number of carbonyl (C=O) groups is 2. The number of phosphoric ester groups is 1. The van der Waals surface area contributed by atoms with Crippen LogP contribution in [0.3, 0.4) is 0 Å². The van der Waals surface area contributed by atoms with Gasteiger partial charge in [0.15, 0.2) is 0 Å². The van der Waals surface area contributed by atoms with Crippen LogP contribution >= 0.6 is 7.82 Å². The fourth-order valence-electron chi connectivity index (χ4n) is 9.47. The van der Waals surface area contributed by atoms with Crippen LogP contribution in [0.5, 0.6) is 0 Å². The summed E-state index contributed by atoms with van der Waals surface area (Å²) >= 11 is 0. The van der Waals surface area contributed by atoms with Gasteiger partial charge in [0.1, 0.15) is 19.3 Å². The Morgan fingerprint density at radius 2 is 0.803 bits per heavy atom. The minimum absolute atomic E-state index is 0.0221. The molecule has 0 aliphatic rings. The van der Waals surface area contributed by atoms with Crippen LogP contribution in [0.1, 0.15) is 310 Å². The molecule has 0 saturated heterocycles. The number of carbonyl (C=O) groups excluding carboxylic acids is 2. The van der Waals surface area contributed by atoms with E-state index in [1.807, 2.05) is 33.3 Å². The summed E-state index contributed by atoms with van der Waals surface area (Å²) in [5.41, 5.74) is 0. The Kier molecular flexibility index (Phi) is 54.7. The SMILES string of the molecule is CCCCC/C=C\C/C=C\C/C=C\CCCCCCCCCCC(=O)OC(/C=C/CCCCCCCCCCCCC)C(COP(=O)([O-])OCC[N+](C)(C)C)NC(=O)CCCCCCCCCCCCCCCCCC. The average Bonchev–Trinajstić information content (AvgIpc) is 3.38.